The van der Waals surface area contributed by atoms with Gasteiger partial charge in [0.25, 0.3) is 5.91 Å². The van der Waals surface area contributed by atoms with Gasteiger partial charge in [0.1, 0.15) is 16.8 Å². The van der Waals surface area contributed by atoms with Gasteiger partial charge in [-0.2, -0.15) is 0 Å². The third kappa shape index (κ3) is 5.10. The van der Waals surface area contributed by atoms with E-state index in [1.165, 1.54) is 6.92 Å². The number of carbonyl (C=O) groups is 2. The van der Waals surface area contributed by atoms with E-state index in [1.807, 2.05) is 6.92 Å². The molecule has 0 bridgehead atoms. The lowest BCUT2D eigenvalue weighted by Gasteiger charge is -2.19. The third-order valence-corrected chi connectivity index (χ3v) is 3.58. The van der Waals surface area contributed by atoms with Crippen molar-refractivity contribution >= 4 is 35.1 Å². The first-order valence-electron chi connectivity index (χ1n) is 6.50. The predicted octanol–water partition coefficient (Wildman–Crippen LogP) is 3.13. The SMILES string of the molecule is CCCC(NC(=O)C(C)Oc1cccc(Cl)c1Cl)C(=O)O. The molecule has 1 amide bonds. The Kier molecular flexibility index (Phi) is 6.78. The van der Waals surface area contributed by atoms with Gasteiger partial charge in [0, 0.05) is 0 Å². The number of carboxylic acid groups (broad SMARTS) is 1. The van der Waals surface area contributed by atoms with Crippen LogP contribution >= 0.6 is 23.2 Å². The largest absolute Gasteiger partial charge is 0.480 e. The number of aliphatic carboxylic acids is 1. The van der Waals surface area contributed by atoms with E-state index in [0.717, 1.165) is 0 Å². The van der Waals surface area contributed by atoms with E-state index in [4.69, 9.17) is 33.0 Å². The Balaban J connectivity index is 2.70. The Bertz CT molecular complexity index is 522. The quantitative estimate of drug-likeness (QED) is 0.803. The van der Waals surface area contributed by atoms with Crippen molar-refractivity contribution < 1.29 is 19.4 Å². The summed E-state index contributed by atoms with van der Waals surface area (Å²) in [5.74, 6) is -1.32. The molecular formula is C14H17Cl2NO4. The second-order valence-electron chi connectivity index (χ2n) is 4.50. The summed E-state index contributed by atoms with van der Waals surface area (Å²) < 4.78 is 5.43. The average Bonchev–Trinajstić information content (AvgIpc) is 2.43. The van der Waals surface area contributed by atoms with Gasteiger partial charge in [-0.1, -0.05) is 42.6 Å². The first-order valence-corrected chi connectivity index (χ1v) is 7.26. The van der Waals surface area contributed by atoms with E-state index in [1.54, 1.807) is 18.2 Å². The van der Waals surface area contributed by atoms with Crippen molar-refractivity contribution in [2.24, 2.45) is 0 Å². The molecule has 0 spiro atoms. The molecule has 0 heterocycles. The average molecular weight is 334 g/mol. The van der Waals surface area contributed by atoms with Crippen LogP contribution in [0.25, 0.3) is 0 Å². The molecule has 0 aliphatic carbocycles. The second kappa shape index (κ2) is 8.10. The highest BCUT2D eigenvalue weighted by Gasteiger charge is 2.23. The van der Waals surface area contributed by atoms with Gasteiger partial charge in [0.15, 0.2) is 6.10 Å². The van der Waals surface area contributed by atoms with E-state index in [-0.39, 0.29) is 10.8 Å². The zero-order valence-corrected chi connectivity index (χ0v) is 13.2. The summed E-state index contributed by atoms with van der Waals surface area (Å²) in [7, 11) is 0. The van der Waals surface area contributed by atoms with E-state index in [9.17, 15) is 9.59 Å². The van der Waals surface area contributed by atoms with Crippen LogP contribution in [0.5, 0.6) is 5.75 Å². The topological polar surface area (TPSA) is 75.6 Å². The fourth-order valence-corrected chi connectivity index (χ4v) is 1.99. The van der Waals surface area contributed by atoms with Crippen molar-refractivity contribution in [1.82, 2.24) is 5.32 Å². The number of halogens is 2. The van der Waals surface area contributed by atoms with Gasteiger partial charge < -0.3 is 15.2 Å². The minimum Gasteiger partial charge on any atom is -0.480 e. The maximum Gasteiger partial charge on any atom is 0.326 e. The molecule has 21 heavy (non-hydrogen) atoms. The van der Waals surface area contributed by atoms with Crippen molar-refractivity contribution in [2.45, 2.75) is 38.8 Å². The van der Waals surface area contributed by atoms with Gasteiger partial charge in [-0.25, -0.2) is 4.79 Å². The molecule has 1 aromatic rings. The smallest absolute Gasteiger partial charge is 0.326 e. The molecule has 1 rings (SSSR count). The number of rotatable bonds is 7. The Morgan fingerprint density at radius 3 is 2.62 bits per heavy atom. The summed E-state index contributed by atoms with van der Waals surface area (Å²) in [6, 6.07) is 3.90. The number of hydrogen-bond donors (Lipinski definition) is 2. The van der Waals surface area contributed by atoms with Crippen molar-refractivity contribution in [3.05, 3.63) is 28.2 Å². The number of carboxylic acids is 1. The van der Waals surface area contributed by atoms with Crippen LogP contribution in [0, 0.1) is 0 Å². The second-order valence-corrected chi connectivity index (χ2v) is 5.29. The summed E-state index contributed by atoms with van der Waals surface area (Å²) >= 11 is 11.8. The van der Waals surface area contributed by atoms with E-state index in [2.05, 4.69) is 5.32 Å². The standard InChI is InChI=1S/C14H17Cl2NO4/c1-3-5-10(14(19)20)17-13(18)8(2)21-11-7-4-6-9(15)12(11)16/h4,6-8,10H,3,5H2,1-2H3,(H,17,18)(H,19,20). The molecule has 0 saturated heterocycles. The predicted molar refractivity (Wildman–Crippen MR) is 81.0 cm³/mol. The molecule has 7 heteroatoms. The van der Waals surface area contributed by atoms with Crippen LogP contribution in [-0.4, -0.2) is 29.1 Å². The van der Waals surface area contributed by atoms with Gasteiger partial charge >= 0.3 is 5.97 Å². The molecule has 2 N–H and O–H groups in total. The van der Waals surface area contributed by atoms with Gasteiger partial charge in [-0.3, -0.25) is 4.79 Å². The first-order chi connectivity index (χ1) is 9.86. The van der Waals surface area contributed by atoms with Crippen LogP contribution in [0.1, 0.15) is 26.7 Å². The zero-order chi connectivity index (χ0) is 16.0. The molecule has 0 saturated carbocycles. The minimum absolute atomic E-state index is 0.210. The van der Waals surface area contributed by atoms with Crippen molar-refractivity contribution in [2.75, 3.05) is 0 Å². The van der Waals surface area contributed by atoms with Crippen molar-refractivity contribution in [1.29, 1.82) is 0 Å². The monoisotopic (exact) mass is 333 g/mol. The van der Waals surface area contributed by atoms with Crippen molar-refractivity contribution in [3.8, 4) is 5.75 Å². The summed E-state index contributed by atoms with van der Waals surface area (Å²) in [6.45, 7) is 3.35. The molecule has 1 aromatic carbocycles. The summed E-state index contributed by atoms with van der Waals surface area (Å²) in [5, 5.41) is 12.0. The number of amides is 1. The van der Waals surface area contributed by atoms with Gasteiger partial charge in [0.2, 0.25) is 0 Å². The number of nitrogens with one attached hydrogen (secondary N) is 1. The van der Waals surface area contributed by atoms with Crippen LogP contribution < -0.4 is 10.1 Å². The van der Waals surface area contributed by atoms with Gasteiger partial charge in [-0.15, -0.1) is 0 Å². The van der Waals surface area contributed by atoms with Gasteiger partial charge in [-0.05, 0) is 25.5 Å². The molecule has 5 nitrogen and oxygen atoms in total. The molecule has 116 valence electrons. The lowest BCUT2D eigenvalue weighted by Crippen LogP contribution is -2.46. The molecule has 0 aromatic heterocycles. The number of hydrogen-bond acceptors (Lipinski definition) is 3. The molecule has 2 atom stereocenters. The van der Waals surface area contributed by atoms with E-state index in [0.29, 0.717) is 17.9 Å². The molecule has 0 aliphatic heterocycles. The fourth-order valence-electron chi connectivity index (χ4n) is 1.65. The molecule has 2 unspecified atom stereocenters. The van der Waals surface area contributed by atoms with Crippen LogP contribution in [0.4, 0.5) is 0 Å². The lowest BCUT2D eigenvalue weighted by molar-refractivity contribution is -0.143. The maximum absolute atomic E-state index is 12.0. The lowest BCUT2D eigenvalue weighted by atomic mass is 10.1. The van der Waals surface area contributed by atoms with Crippen LogP contribution in [0.15, 0.2) is 18.2 Å². The maximum atomic E-state index is 12.0. The zero-order valence-electron chi connectivity index (χ0n) is 11.7. The Hall–Kier alpha value is -1.46. The van der Waals surface area contributed by atoms with E-state index < -0.39 is 24.0 Å². The van der Waals surface area contributed by atoms with Gasteiger partial charge in [0.05, 0.1) is 5.02 Å². The number of benzene rings is 1. The minimum atomic E-state index is -1.07. The Morgan fingerprint density at radius 1 is 1.38 bits per heavy atom. The molecule has 0 aliphatic rings. The molecular weight excluding hydrogens is 317 g/mol. The first kappa shape index (κ1) is 17.6. The van der Waals surface area contributed by atoms with Crippen LogP contribution in [0.3, 0.4) is 0 Å². The highest BCUT2D eigenvalue weighted by molar-refractivity contribution is 6.42. The summed E-state index contributed by atoms with van der Waals surface area (Å²) in [4.78, 5) is 23.0. The molecule has 0 fully saturated rings. The number of carbonyl (C=O) groups excluding carboxylic acids is 1. The number of ether oxygens (including phenoxy) is 1. The normalized spacial score (nSPS) is 13.3. The highest BCUT2D eigenvalue weighted by atomic mass is 35.5. The van der Waals surface area contributed by atoms with E-state index >= 15 is 0 Å². The van der Waals surface area contributed by atoms with Crippen LogP contribution in [-0.2, 0) is 9.59 Å². The molecule has 0 radical (unpaired) electrons. The highest BCUT2D eigenvalue weighted by Crippen LogP contribution is 2.32. The van der Waals surface area contributed by atoms with Crippen LogP contribution in [0.2, 0.25) is 10.0 Å². The van der Waals surface area contributed by atoms with Crippen molar-refractivity contribution in [3.63, 3.8) is 0 Å². The third-order valence-electron chi connectivity index (χ3n) is 2.78. The fraction of sp³-hybridized carbons (Fsp3) is 0.429. The summed E-state index contributed by atoms with van der Waals surface area (Å²) in [6.07, 6.45) is 0.109. The Morgan fingerprint density at radius 2 is 2.05 bits per heavy atom. The Labute approximate surface area is 133 Å². The summed E-state index contributed by atoms with van der Waals surface area (Å²) in [5.41, 5.74) is 0.